The van der Waals surface area contributed by atoms with Crippen LogP contribution in [0.1, 0.15) is 50.1 Å². The summed E-state index contributed by atoms with van der Waals surface area (Å²) in [5, 5.41) is 12.3. The van der Waals surface area contributed by atoms with E-state index in [9.17, 15) is 19.2 Å². The van der Waals surface area contributed by atoms with Gasteiger partial charge in [-0.1, -0.05) is 38.5 Å². The van der Waals surface area contributed by atoms with Gasteiger partial charge < -0.3 is 15.5 Å². The molecule has 11 heteroatoms. The molecule has 1 aromatic heterocycles. The fourth-order valence-electron chi connectivity index (χ4n) is 5.36. The van der Waals surface area contributed by atoms with Crippen LogP contribution in [-0.4, -0.2) is 76.3 Å². The minimum atomic E-state index is -0.791. The first kappa shape index (κ1) is 27.4. The molecule has 11 nitrogen and oxygen atoms in total. The number of rotatable bonds is 11. The van der Waals surface area contributed by atoms with Gasteiger partial charge in [-0.15, -0.1) is 0 Å². The first-order chi connectivity index (χ1) is 18.2. The fraction of sp³-hybridized carbons (Fsp3) is 0.556. The maximum atomic E-state index is 13.9. The van der Waals surface area contributed by atoms with Gasteiger partial charge in [0, 0.05) is 18.8 Å². The number of hydrogen-bond donors (Lipinski definition) is 3. The van der Waals surface area contributed by atoms with E-state index < -0.39 is 18.0 Å². The molecule has 2 aliphatic rings. The largest absolute Gasteiger partial charge is 0.347 e. The highest BCUT2D eigenvalue weighted by atomic mass is 16.2. The molecule has 0 fully saturated rings. The third-order valence-electron chi connectivity index (χ3n) is 7.53. The van der Waals surface area contributed by atoms with E-state index in [1.807, 2.05) is 46.1 Å². The number of anilines is 1. The molecular weight excluding hydrogens is 486 g/mol. The van der Waals surface area contributed by atoms with E-state index in [0.717, 1.165) is 23.2 Å². The zero-order valence-electron chi connectivity index (χ0n) is 22.5. The number of nitrogens with one attached hydrogen (secondary N) is 3. The van der Waals surface area contributed by atoms with Crippen molar-refractivity contribution in [1.82, 2.24) is 30.7 Å². The van der Waals surface area contributed by atoms with Crippen LogP contribution in [0.5, 0.6) is 0 Å². The molecule has 0 spiro atoms. The lowest BCUT2D eigenvalue weighted by atomic mass is 9.86. The summed E-state index contributed by atoms with van der Waals surface area (Å²) in [6.07, 6.45) is 3.64. The summed E-state index contributed by atoms with van der Waals surface area (Å²) in [4.78, 5) is 60.6. The number of aromatic nitrogens is 3. The molecule has 1 aromatic carbocycles. The topological polar surface area (TPSA) is 140 Å². The Morgan fingerprint density at radius 3 is 2.68 bits per heavy atom. The molecule has 0 aliphatic carbocycles. The van der Waals surface area contributed by atoms with Crippen molar-refractivity contribution in [2.24, 2.45) is 11.8 Å². The molecule has 4 rings (SSSR count). The number of carbonyl (C=O) groups excluding carboxylic acids is 4. The first-order valence-electron chi connectivity index (χ1n) is 13.2. The standard InChI is InChI=1S/C27H37N7O4/c1-5-16(2)20(12-19(35)14-33(3)4)25(36)31-21-10-9-17-7-6-8-18-11-22(34(24(17)18)27(21)38)26(37)28-13-23-29-15-30-32-23/h6-8,15-16,20-22H,5,9-14H2,1-4H3,(H,28,37)(H,31,36)(H,29,30,32)/t16-,20-,21-,22-/m0/s1. The Morgan fingerprint density at radius 2 is 2.00 bits per heavy atom. The molecule has 4 atom stereocenters. The fourth-order valence-corrected chi connectivity index (χ4v) is 5.36. The summed E-state index contributed by atoms with van der Waals surface area (Å²) in [5.74, 6) is -0.931. The van der Waals surface area contributed by atoms with Crippen molar-refractivity contribution in [1.29, 1.82) is 0 Å². The predicted octanol–water partition coefficient (Wildman–Crippen LogP) is 0.993. The Bertz CT molecular complexity index is 1180. The number of likely N-dealkylation sites (N-methyl/N-ethyl adjacent to an activating group) is 1. The number of nitrogens with zero attached hydrogens (tertiary/aromatic N) is 4. The van der Waals surface area contributed by atoms with Gasteiger partial charge in [0.05, 0.1) is 18.8 Å². The molecule has 38 heavy (non-hydrogen) atoms. The zero-order chi connectivity index (χ0) is 27.4. The number of aromatic amines is 1. The second-order valence-corrected chi connectivity index (χ2v) is 10.6. The average Bonchev–Trinajstić information content (AvgIpc) is 3.52. The Hall–Kier alpha value is -3.60. The van der Waals surface area contributed by atoms with Crippen LogP contribution >= 0.6 is 0 Å². The number of amides is 3. The quantitative estimate of drug-likeness (QED) is 0.399. The summed E-state index contributed by atoms with van der Waals surface area (Å²) in [7, 11) is 3.64. The van der Waals surface area contributed by atoms with Gasteiger partial charge in [-0.25, -0.2) is 4.98 Å². The lowest BCUT2D eigenvalue weighted by Crippen LogP contribution is -2.55. The maximum Gasteiger partial charge on any atom is 0.250 e. The van der Waals surface area contributed by atoms with E-state index in [2.05, 4.69) is 25.8 Å². The minimum absolute atomic E-state index is 0.0114. The summed E-state index contributed by atoms with van der Waals surface area (Å²) in [5.41, 5.74) is 2.70. The number of aryl methyl sites for hydroxylation is 1. The van der Waals surface area contributed by atoms with Gasteiger partial charge in [0.15, 0.2) is 0 Å². The van der Waals surface area contributed by atoms with Gasteiger partial charge in [-0.2, -0.15) is 5.10 Å². The molecule has 204 valence electrons. The molecular formula is C27H37N7O4. The van der Waals surface area contributed by atoms with Crippen molar-refractivity contribution in [2.75, 3.05) is 25.5 Å². The van der Waals surface area contributed by atoms with Crippen molar-refractivity contribution < 1.29 is 19.2 Å². The summed E-state index contributed by atoms with van der Waals surface area (Å²) < 4.78 is 0. The van der Waals surface area contributed by atoms with Gasteiger partial charge >= 0.3 is 0 Å². The SMILES string of the molecule is CC[C@H](C)[C@H](CC(=O)CN(C)C)C(=O)N[C@H]1CCc2cccc3c2N(C1=O)[C@H](C(=O)NCc1ncn[nH]1)C3. The lowest BCUT2D eigenvalue weighted by molar-refractivity contribution is -0.134. The number of H-pyrrole nitrogens is 1. The summed E-state index contributed by atoms with van der Waals surface area (Å²) in [6.45, 7) is 4.37. The normalized spacial score (nSPS) is 20.0. The minimum Gasteiger partial charge on any atom is -0.347 e. The van der Waals surface area contributed by atoms with Crippen molar-refractivity contribution in [3.8, 4) is 0 Å². The molecule has 0 bridgehead atoms. The molecule has 3 heterocycles. The van der Waals surface area contributed by atoms with Crippen LogP contribution in [0.25, 0.3) is 0 Å². The monoisotopic (exact) mass is 523 g/mol. The third-order valence-corrected chi connectivity index (χ3v) is 7.53. The van der Waals surface area contributed by atoms with E-state index in [4.69, 9.17) is 0 Å². The van der Waals surface area contributed by atoms with Crippen LogP contribution in [-0.2, 0) is 38.6 Å². The van der Waals surface area contributed by atoms with Crippen molar-refractivity contribution in [2.45, 2.75) is 64.6 Å². The molecule has 0 saturated heterocycles. The van der Waals surface area contributed by atoms with Crippen LogP contribution in [0.3, 0.4) is 0 Å². The van der Waals surface area contributed by atoms with Gasteiger partial charge in [-0.05, 0) is 44.0 Å². The van der Waals surface area contributed by atoms with Gasteiger partial charge in [-0.3, -0.25) is 29.2 Å². The van der Waals surface area contributed by atoms with E-state index >= 15 is 0 Å². The Balaban J connectivity index is 1.53. The van der Waals surface area contributed by atoms with Crippen molar-refractivity contribution in [3.05, 3.63) is 41.5 Å². The Labute approximate surface area is 222 Å². The maximum absolute atomic E-state index is 13.9. The average molecular weight is 524 g/mol. The molecule has 3 amide bonds. The van der Waals surface area contributed by atoms with E-state index in [0.29, 0.717) is 25.1 Å². The first-order valence-corrected chi connectivity index (χ1v) is 13.2. The highest BCUT2D eigenvalue weighted by Crippen LogP contribution is 2.39. The van der Waals surface area contributed by atoms with Crippen LogP contribution in [0.15, 0.2) is 24.5 Å². The van der Waals surface area contributed by atoms with E-state index in [-0.39, 0.29) is 48.9 Å². The predicted molar refractivity (Wildman–Crippen MR) is 141 cm³/mol. The molecule has 2 aliphatic heterocycles. The Morgan fingerprint density at radius 1 is 1.24 bits per heavy atom. The summed E-state index contributed by atoms with van der Waals surface area (Å²) in [6, 6.07) is 4.34. The number of hydrogen-bond acceptors (Lipinski definition) is 7. The second-order valence-electron chi connectivity index (χ2n) is 10.6. The zero-order valence-corrected chi connectivity index (χ0v) is 22.5. The van der Waals surface area contributed by atoms with E-state index in [1.54, 1.807) is 9.80 Å². The van der Waals surface area contributed by atoms with Crippen LogP contribution in [0, 0.1) is 11.8 Å². The molecule has 0 radical (unpaired) electrons. The molecule has 0 unspecified atom stereocenters. The van der Waals surface area contributed by atoms with Gasteiger partial charge in [0.2, 0.25) is 17.7 Å². The second kappa shape index (κ2) is 11.8. The van der Waals surface area contributed by atoms with Gasteiger partial charge in [0.1, 0.15) is 30.0 Å². The van der Waals surface area contributed by atoms with Crippen LogP contribution in [0.2, 0.25) is 0 Å². The smallest absolute Gasteiger partial charge is 0.250 e. The van der Waals surface area contributed by atoms with Gasteiger partial charge in [0.25, 0.3) is 0 Å². The van der Waals surface area contributed by atoms with Crippen molar-refractivity contribution in [3.63, 3.8) is 0 Å². The number of ketones is 1. The highest BCUT2D eigenvalue weighted by Gasteiger charge is 2.44. The lowest BCUT2D eigenvalue weighted by Gasteiger charge is -2.29. The number of benzene rings is 1. The highest BCUT2D eigenvalue weighted by molar-refractivity contribution is 6.08. The molecule has 2 aromatic rings. The van der Waals surface area contributed by atoms with E-state index in [1.165, 1.54) is 6.33 Å². The Kier molecular flexibility index (Phi) is 8.55. The number of para-hydroxylation sites is 1. The summed E-state index contributed by atoms with van der Waals surface area (Å²) >= 11 is 0. The number of carbonyl (C=O) groups is 4. The third kappa shape index (κ3) is 5.93. The van der Waals surface area contributed by atoms with Crippen LogP contribution in [0.4, 0.5) is 5.69 Å². The molecule has 3 N–H and O–H groups in total. The number of Topliss-reactive ketones (excluding diaryl/α,β-unsaturated/α-hetero) is 1. The molecule has 0 saturated carbocycles. The van der Waals surface area contributed by atoms with Crippen molar-refractivity contribution >= 4 is 29.2 Å². The van der Waals surface area contributed by atoms with Crippen LogP contribution < -0.4 is 15.5 Å².